The third-order valence-electron chi connectivity index (χ3n) is 5.42. The molecular weight excluding hydrogens is 336 g/mol. The minimum Gasteiger partial charge on any atom is -0.358 e. The summed E-state index contributed by atoms with van der Waals surface area (Å²) in [6, 6.07) is 5.19. The molecule has 3 heteroatoms. The van der Waals surface area contributed by atoms with Gasteiger partial charge in [-0.25, -0.2) is 0 Å². The summed E-state index contributed by atoms with van der Waals surface area (Å²) >= 11 is 3.71. The average Bonchev–Trinajstić information content (AvgIpc) is 2.85. The molecule has 2 nitrogen and oxygen atoms in total. The highest BCUT2D eigenvalue weighted by atomic mass is 79.9. The maximum Gasteiger partial charge on any atom is 0.0473 e. The van der Waals surface area contributed by atoms with Gasteiger partial charge in [0.05, 0.1) is 0 Å². The van der Waals surface area contributed by atoms with Gasteiger partial charge in [0, 0.05) is 39.6 Å². The van der Waals surface area contributed by atoms with E-state index in [1.54, 1.807) is 5.56 Å². The van der Waals surface area contributed by atoms with Gasteiger partial charge < -0.3 is 4.98 Å². The first-order valence-electron chi connectivity index (χ1n) is 8.36. The van der Waals surface area contributed by atoms with Crippen LogP contribution in [0, 0.1) is 0 Å². The van der Waals surface area contributed by atoms with Gasteiger partial charge in [0.15, 0.2) is 0 Å². The van der Waals surface area contributed by atoms with Gasteiger partial charge in [-0.15, -0.1) is 0 Å². The van der Waals surface area contributed by atoms with Crippen LogP contribution in [0.25, 0.3) is 10.9 Å². The highest BCUT2D eigenvalue weighted by Crippen LogP contribution is 2.44. The molecule has 2 atom stereocenters. The second kappa shape index (κ2) is 5.24. The van der Waals surface area contributed by atoms with E-state index in [0.717, 1.165) is 19.5 Å². The van der Waals surface area contributed by atoms with Crippen molar-refractivity contribution in [1.82, 2.24) is 9.88 Å². The Kier molecular flexibility index (Phi) is 3.46. The number of aryl methyl sites for hydroxylation is 1. The maximum atomic E-state index is 3.71. The minimum atomic E-state index is 0.529. The van der Waals surface area contributed by atoms with Crippen LogP contribution in [0.2, 0.25) is 0 Å². The molecule has 116 valence electrons. The van der Waals surface area contributed by atoms with Crippen LogP contribution >= 0.6 is 15.9 Å². The summed E-state index contributed by atoms with van der Waals surface area (Å²) in [7, 11) is 0. The number of H-pyrrole nitrogens is 1. The van der Waals surface area contributed by atoms with E-state index in [9.17, 15) is 0 Å². The van der Waals surface area contributed by atoms with Gasteiger partial charge in [-0.1, -0.05) is 41.4 Å². The second-order valence-corrected chi connectivity index (χ2v) is 7.64. The third kappa shape index (κ3) is 2.02. The van der Waals surface area contributed by atoms with Crippen LogP contribution in [-0.4, -0.2) is 29.0 Å². The zero-order valence-corrected chi connectivity index (χ0v) is 15.1. The molecule has 1 aliphatic heterocycles. The van der Waals surface area contributed by atoms with E-state index in [1.165, 1.54) is 38.6 Å². The van der Waals surface area contributed by atoms with Crippen molar-refractivity contribution in [3.8, 4) is 0 Å². The van der Waals surface area contributed by atoms with Crippen molar-refractivity contribution in [3.05, 3.63) is 45.1 Å². The van der Waals surface area contributed by atoms with E-state index in [2.05, 4.69) is 64.8 Å². The van der Waals surface area contributed by atoms with Gasteiger partial charge >= 0.3 is 0 Å². The first kappa shape index (κ1) is 14.5. The number of likely N-dealkylation sites (N-methyl/N-ethyl adjacent to an activating group) is 1. The largest absolute Gasteiger partial charge is 0.358 e. The average molecular weight is 359 g/mol. The lowest BCUT2D eigenvalue weighted by atomic mass is 9.76. The van der Waals surface area contributed by atoms with Gasteiger partial charge in [0.2, 0.25) is 0 Å². The molecule has 0 radical (unpaired) electrons. The Hall–Kier alpha value is -1.06. The molecule has 0 saturated carbocycles. The number of halogens is 1. The molecule has 1 aromatic heterocycles. The first-order valence-corrected chi connectivity index (χ1v) is 9.15. The Morgan fingerprint density at radius 3 is 2.86 bits per heavy atom. The fourth-order valence-corrected chi connectivity index (χ4v) is 4.96. The van der Waals surface area contributed by atoms with E-state index >= 15 is 0 Å². The number of fused-ring (bicyclic) bond motifs is 2. The molecule has 0 saturated heterocycles. The molecule has 0 bridgehead atoms. The summed E-state index contributed by atoms with van der Waals surface area (Å²) in [6.45, 7) is 9.07. The molecule has 0 amide bonds. The predicted molar refractivity (Wildman–Crippen MR) is 96.6 cm³/mol. The summed E-state index contributed by atoms with van der Waals surface area (Å²) in [5, 5.41) is 1.49. The summed E-state index contributed by atoms with van der Waals surface area (Å²) < 4.78 is 1.19. The number of aromatic nitrogens is 1. The molecule has 0 spiro atoms. The number of benzene rings is 1. The normalized spacial score (nSPS) is 24.5. The zero-order chi connectivity index (χ0) is 15.4. The standard InChI is InChI=1S/C19H23BrN2/c1-4-16-15-9-18-13(6-11(3)10-22(18)5-2)14-7-12(20)8-17(21-16)19(14)15/h6-8,13,18,21H,4-5,9-10H2,1-3H3/t13-,18-/m1/s1. The topological polar surface area (TPSA) is 19.0 Å². The van der Waals surface area contributed by atoms with Crippen LogP contribution in [0.5, 0.6) is 0 Å². The van der Waals surface area contributed by atoms with E-state index in [0.29, 0.717) is 12.0 Å². The third-order valence-corrected chi connectivity index (χ3v) is 5.88. The van der Waals surface area contributed by atoms with Gasteiger partial charge in [0.1, 0.15) is 0 Å². The van der Waals surface area contributed by atoms with E-state index in [4.69, 9.17) is 0 Å². The molecule has 0 fully saturated rings. The number of rotatable bonds is 2. The van der Waals surface area contributed by atoms with Crippen LogP contribution in [-0.2, 0) is 12.8 Å². The van der Waals surface area contributed by atoms with Crippen molar-refractivity contribution in [1.29, 1.82) is 0 Å². The molecule has 2 aromatic rings. The highest BCUT2D eigenvalue weighted by Gasteiger charge is 2.37. The molecule has 1 aliphatic carbocycles. The molecule has 1 aromatic carbocycles. The Morgan fingerprint density at radius 1 is 1.32 bits per heavy atom. The summed E-state index contributed by atoms with van der Waals surface area (Å²) in [4.78, 5) is 6.33. The SMILES string of the molecule is CCc1[nH]c2cc(Br)cc3c2c1C[C@@H]1[C@@H]3C=C(C)CN1CC. The number of aromatic amines is 1. The maximum absolute atomic E-state index is 3.71. The molecule has 2 aliphatic rings. The number of hydrogen-bond acceptors (Lipinski definition) is 1. The quantitative estimate of drug-likeness (QED) is 0.765. The number of nitrogens with zero attached hydrogens (tertiary/aromatic N) is 1. The lowest BCUT2D eigenvalue weighted by Gasteiger charge is -2.42. The fourth-order valence-electron chi connectivity index (χ4n) is 4.49. The van der Waals surface area contributed by atoms with Crippen LogP contribution in [0.1, 0.15) is 43.5 Å². The van der Waals surface area contributed by atoms with Crippen molar-refractivity contribution in [3.63, 3.8) is 0 Å². The zero-order valence-electron chi connectivity index (χ0n) is 13.5. The van der Waals surface area contributed by atoms with E-state index in [1.807, 2.05) is 0 Å². The van der Waals surface area contributed by atoms with Crippen LogP contribution in [0.3, 0.4) is 0 Å². The summed E-state index contributed by atoms with van der Waals surface area (Å²) in [5.74, 6) is 0.529. The van der Waals surface area contributed by atoms with Crippen molar-refractivity contribution in [2.45, 2.75) is 45.6 Å². The molecule has 0 unspecified atom stereocenters. The Labute approximate surface area is 140 Å². The number of nitrogens with one attached hydrogen (secondary N) is 1. The first-order chi connectivity index (χ1) is 10.6. The summed E-state index contributed by atoms with van der Waals surface area (Å²) in [5.41, 5.74) is 7.30. The van der Waals surface area contributed by atoms with Crippen LogP contribution in [0.4, 0.5) is 0 Å². The van der Waals surface area contributed by atoms with Gasteiger partial charge in [0.25, 0.3) is 0 Å². The second-order valence-electron chi connectivity index (χ2n) is 6.73. The smallest absolute Gasteiger partial charge is 0.0473 e. The lowest BCUT2D eigenvalue weighted by Crippen LogP contribution is -2.45. The Balaban J connectivity index is 1.99. The molecule has 22 heavy (non-hydrogen) atoms. The monoisotopic (exact) mass is 358 g/mol. The summed E-state index contributed by atoms with van der Waals surface area (Å²) in [6.07, 6.45) is 4.78. The van der Waals surface area contributed by atoms with Crippen molar-refractivity contribution in [2.75, 3.05) is 13.1 Å². The molecule has 1 N–H and O–H groups in total. The highest BCUT2D eigenvalue weighted by molar-refractivity contribution is 9.10. The number of hydrogen-bond donors (Lipinski definition) is 1. The molecule has 2 heterocycles. The van der Waals surface area contributed by atoms with Gasteiger partial charge in [-0.05, 0) is 49.6 Å². The van der Waals surface area contributed by atoms with Crippen molar-refractivity contribution >= 4 is 26.8 Å². The van der Waals surface area contributed by atoms with Crippen molar-refractivity contribution < 1.29 is 0 Å². The molecule has 4 rings (SSSR count). The van der Waals surface area contributed by atoms with Crippen molar-refractivity contribution in [2.24, 2.45) is 0 Å². The van der Waals surface area contributed by atoms with Crippen LogP contribution < -0.4 is 0 Å². The predicted octanol–water partition coefficient (Wildman–Crippen LogP) is 4.78. The van der Waals surface area contributed by atoms with E-state index < -0.39 is 0 Å². The fraction of sp³-hybridized carbons (Fsp3) is 0.474. The Morgan fingerprint density at radius 2 is 2.14 bits per heavy atom. The molecular formula is C19H23BrN2. The van der Waals surface area contributed by atoms with E-state index in [-0.39, 0.29) is 0 Å². The lowest BCUT2D eigenvalue weighted by molar-refractivity contribution is 0.191. The Bertz CT molecular complexity index is 771. The minimum absolute atomic E-state index is 0.529. The van der Waals surface area contributed by atoms with Crippen LogP contribution in [0.15, 0.2) is 28.3 Å². The van der Waals surface area contributed by atoms with Gasteiger partial charge in [-0.2, -0.15) is 0 Å². The van der Waals surface area contributed by atoms with Gasteiger partial charge in [-0.3, -0.25) is 4.90 Å².